The lowest BCUT2D eigenvalue weighted by Crippen LogP contribution is -2.41. The highest BCUT2D eigenvalue weighted by molar-refractivity contribution is 5.95. The van der Waals surface area contributed by atoms with E-state index in [1.165, 1.54) is 0 Å². The summed E-state index contributed by atoms with van der Waals surface area (Å²) < 4.78 is 12.4. The van der Waals surface area contributed by atoms with Gasteiger partial charge in [-0.1, -0.05) is 18.2 Å². The molecule has 8 heteroatoms. The third kappa shape index (κ3) is 6.09. The van der Waals surface area contributed by atoms with Crippen molar-refractivity contribution in [2.75, 3.05) is 33.4 Å². The average Bonchev–Trinajstić information content (AvgIpc) is 3.21. The number of likely N-dealkylation sites (tertiary alicyclic amines) is 1. The highest BCUT2D eigenvalue weighted by atomic mass is 16.6. The number of benzene rings is 1. The van der Waals surface area contributed by atoms with Crippen molar-refractivity contribution in [1.82, 2.24) is 20.0 Å². The molecule has 0 radical (unpaired) electrons. The molecular weight excluding hydrogens is 408 g/mol. The molecule has 1 aromatic carbocycles. The van der Waals surface area contributed by atoms with Crippen LogP contribution in [-0.4, -0.2) is 65.6 Å². The number of ether oxygens (including phenoxy) is 2. The van der Waals surface area contributed by atoms with Gasteiger partial charge in [0.25, 0.3) is 5.91 Å². The highest BCUT2D eigenvalue weighted by Gasteiger charge is 2.32. The van der Waals surface area contributed by atoms with Crippen molar-refractivity contribution in [2.24, 2.45) is 0 Å². The fourth-order valence-electron chi connectivity index (χ4n) is 3.88. The van der Waals surface area contributed by atoms with Crippen LogP contribution < -0.4 is 5.32 Å². The van der Waals surface area contributed by atoms with Crippen LogP contribution in [0.2, 0.25) is 0 Å². The van der Waals surface area contributed by atoms with Crippen LogP contribution in [0.15, 0.2) is 36.5 Å². The number of carbonyl (C=O) groups excluding carboxylic acids is 2. The van der Waals surface area contributed by atoms with Gasteiger partial charge >= 0.3 is 6.09 Å². The first-order valence-corrected chi connectivity index (χ1v) is 11.2. The Labute approximate surface area is 189 Å². The third-order valence-corrected chi connectivity index (χ3v) is 5.40. The van der Waals surface area contributed by atoms with Gasteiger partial charge < -0.3 is 19.7 Å². The highest BCUT2D eigenvalue weighted by Crippen LogP contribution is 2.32. The molecule has 1 N–H and O–H groups in total. The Hall–Kier alpha value is -2.87. The van der Waals surface area contributed by atoms with E-state index in [-0.39, 0.29) is 17.9 Å². The molecule has 0 unspecified atom stereocenters. The molecule has 0 bridgehead atoms. The molecule has 0 aliphatic carbocycles. The van der Waals surface area contributed by atoms with Gasteiger partial charge in [0, 0.05) is 39.3 Å². The Bertz CT molecular complexity index is 896. The van der Waals surface area contributed by atoms with E-state index in [0.717, 1.165) is 30.6 Å². The summed E-state index contributed by atoms with van der Waals surface area (Å²) in [6.07, 6.45) is 3.58. The third-order valence-electron chi connectivity index (χ3n) is 5.40. The number of nitrogens with one attached hydrogen (secondary N) is 1. The second-order valence-corrected chi connectivity index (χ2v) is 9.03. The zero-order valence-corrected chi connectivity index (χ0v) is 19.5. The first-order chi connectivity index (χ1) is 15.3. The minimum absolute atomic E-state index is 0.108. The van der Waals surface area contributed by atoms with Crippen LogP contribution in [0.4, 0.5) is 4.79 Å². The maximum absolute atomic E-state index is 13.0. The van der Waals surface area contributed by atoms with Gasteiger partial charge in [0.05, 0.1) is 23.1 Å². The number of rotatable bonds is 7. The first kappa shape index (κ1) is 23.8. The quantitative estimate of drug-likeness (QED) is 0.660. The Morgan fingerprint density at radius 1 is 1.16 bits per heavy atom. The Balaban J connectivity index is 1.79. The predicted molar refractivity (Wildman–Crippen MR) is 122 cm³/mol. The van der Waals surface area contributed by atoms with Crippen molar-refractivity contribution in [3.8, 4) is 5.69 Å². The maximum atomic E-state index is 13.0. The molecular formula is C24H34N4O4. The number of para-hydroxylation sites is 1. The van der Waals surface area contributed by atoms with Gasteiger partial charge in [-0.2, -0.15) is 5.10 Å². The summed E-state index contributed by atoms with van der Waals surface area (Å²) in [5.41, 5.74) is 1.87. The standard InChI is InChI=1S/C24H34N4O4/c1-24(2,3)32-23(30)27-14-11-18(12-15-27)21-20(22(29)25-13-8-16-31-4)17-26-28(21)19-9-6-5-7-10-19/h5-7,9-10,17-18H,8,11-16H2,1-4H3,(H,25,29). The van der Waals surface area contributed by atoms with Gasteiger partial charge in [0.1, 0.15) is 5.60 Å². The smallest absolute Gasteiger partial charge is 0.410 e. The van der Waals surface area contributed by atoms with Crippen molar-refractivity contribution in [1.29, 1.82) is 0 Å². The van der Waals surface area contributed by atoms with Crippen molar-refractivity contribution in [2.45, 2.75) is 51.6 Å². The molecule has 1 fully saturated rings. The van der Waals surface area contributed by atoms with Crippen molar-refractivity contribution in [3.63, 3.8) is 0 Å². The molecule has 1 aliphatic rings. The monoisotopic (exact) mass is 442 g/mol. The molecule has 0 spiro atoms. The number of aromatic nitrogens is 2. The topological polar surface area (TPSA) is 85.7 Å². The molecule has 0 saturated carbocycles. The number of hydrogen-bond donors (Lipinski definition) is 1. The van der Waals surface area contributed by atoms with E-state index in [0.29, 0.717) is 31.8 Å². The molecule has 32 heavy (non-hydrogen) atoms. The minimum atomic E-state index is -0.520. The molecule has 2 aromatic rings. The second kappa shape index (κ2) is 10.6. The van der Waals surface area contributed by atoms with Crippen LogP contribution >= 0.6 is 0 Å². The number of nitrogens with zero attached hydrogens (tertiary/aromatic N) is 3. The Morgan fingerprint density at radius 2 is 1.84 bits per heavy atom. The Kier molecular flexibility index (Phi) is 7.90. The van der Waals surface area contributed by atoms with E-state index < -0.39 is 5.60 Å². The zero-order chi connectivity index (χ0) is 23.1. The molecule has 2 heterocycles. The lowest BCUT2D eigenvalue weighted by Gasteiger charge is -2.34. The lowest BCUT2D eigenvalue weighted by molar-refractivity contribution is 0.0203. The minimum Gasteiger partial charge on any atom is -0.444 e. The van der Waals surface area contributed by atoms with Gasteiger partial charge in [0.15, 0.2) is 0 Å². The zero-order valence-electron chi connectivity index (χ0n) is 19.5. The number of hydrogen-bond acceptors (Lipinski definition) is 5. The fraction of sp³-hybridized carbons (Fsp3) is 0.542. The first-order valence-electron chi connectivity index (χ1n) is 11.2. The summed E-state index contributed by atoms with van der Waals surface area (Å²) >= 11 is 0. The van der Waals surface area contributed by atoms with Gasteiger partial charge in [-0.15, -0.1) is 0 Å². The van der Waals surface area contributed by atoms with Crippen LogP contribution in [0.25, 0.3) is 5.69 Å². The molecule has 8 nitrogen and oxygen atoms in total. The van der Waals surface area contributed by atoms with E-state index in [1.54, 1.807) is 18.2 Å². The van der Waals surface area contributed by atoms with Gasteiger partial charge in [0.2, 0.25) is 0 Å². The van der Waals surface area contributed by atoms with Crippen molar-refractivity contribution in [3.05, 3.63) is 47.8 Å². The molecule has 1 saturated heterocycles. The van der Waals surface area contributed by atoms with Crippen LogP contribution in [-0.2, 0) is 9.47 Å². The van der Waals surface area contributed by atoms with Crippen LogP contribution in [0.1, 0.15) is 62.0 Å². The van der Waals surface area contributed by atoms with E-state index in [1.807, 2.05) is 55.8 Å². The predicted octanol–water partition coefficient (Wildman–Crippen LogP) is 3.75. The van der Waals surface area contributed by atoms with Crippen molar-refractivity contribution < 1.29 is 19.1 Å². The van der Waals surface area contributed by atoms with Gasteiger partial charge in [-0.25, -0.2) is 9.48 Å². The van der Waals surface area contributed by atoms with Gasteiger partial charge in [-0.3, -0.25) is 4.79 Å². The summed E-state index contributed by atoms with van der Waals surface area (Å²) in [5.74, 6) is -0.0241. The number of piperidine rings is 1. The average molecular weight is 443 g/mol. The Morgan fingerprint density at radius 3 is 2.47 bits per heavy atom. The van der Waals surface area contributed by atoms with Gasteiger partial charge in [-0.05, 0) is 52.2 Å². The van der Waals surface area contributed by atoms with E-state index in [9.17, 15) is 9.59 Å². The van der Waals surface area contributed by atoms with E-state index >= 15 is 0 Å². The molecule has 1 aromatic heterocycles. The summed E-state index contributed by atoms with van der Waals surface area (Å²) in [5, 5.41) is 7.53. The van der Waals surface area contributed by atoms with Crippen molar-refractivity contribution >= 4 is 12.0 Å². The number of amides is 2. The van der Waals surface area contributed by atoms with E-state index in [2.05, 4.69) is 10.4 Å². The lowest BCUT2D eigenvalue weighted by atomic mass is 9.91. The summed E-state index contributed by atoms with van der Waals surface area (Å²) in [7, 11) is 1.65. The summed E-state index contributed by atoms with van der Waals surface area (Å²) in [4.78, 5) is 27.2. The van der Waals surface area contributed by atoms with E-state index in [4.69, 9.17) is 9.47 Å². The second-order valence-electron chi connectivity index (χ2n) is 9.03. The number of carbonyl (C=O) groups is 2. The SMILES string of the molecule is COCCCNC(=O)c1cnn(-c2ccccc2)c1C1CCN(C(=O)OC(C)(C)C)CC1. The summed E-state index contributed by atoms with van der Waals surface area (Å²) in [6, 6.07) is 9.82. The molecule has 0 atom stereocenters. The molecule has 2 amide bonds. The molecule has 174 valence electrons. The summed E-state index contributed by atoms with van der Waals surface area (Å²) in [6.45, 7) is 7.90. The van der Waals surface area contributed by atoms with Crippen LogP contribution in [0.5, 0.6) is 0 Å². The fourth-order valence-corrected chi connectivity index (χ4v) is 3.88. The largest absolute Gasteiger partial charge is 0.444 e. The maximum Gasteiger partial charge on any atom is 0.410 e. The van der Waals surface area contributed by atoms with Crippen LogP contribution in [0.3, 0.4) is 0 Å². The van der Waals surface area contributed by atoms with Crippen LogP contribution in [0, 0.1) is 0 Å². The normalized spacial score (nSPS) is 14.9. The molecule has 3 rings (SSSR count). The molecule has 1 aliphatic heterocycles. The number of methoxy groups -OCH3 is 1.